The van der Waals surface area contributed by atoms with Crippen molar-refractivity contribution in [2.75, 3.05) is 51.0 Å². The lowest BCUT2D eigenvalue weighted by atomic mass is 9.86. The van der Waals surface area contributed by atoms with Gasteiger partial charge in [0.15, 0.2) is 5.69 Å². The number of hydrogen-bond acceptors (Lipinski definition) is 9. The minimum absolute atomic E-state index is 0.0423. The Morgan fingerprint density at radius 3 is 2.69 bits per heavy atom. The third-order valence-corrected chi connectivity index (χ3v) is 12.1. The summed E-state index contributed by atoms with van der Waals surface area (Å²) in [5, 5.41) is 4.12. The number of benzene rings is 1. The van der Waals surface area contributed by atoms with Gasteiger partial charge in [-0.05, 0) is 74.1 Å². The Bertz CT molecular complexity index is 2030. The van der Waals surface area contributed by atoms with Crippen LogP contribution in [-0.2, 0) is 37.0 Å². The molecule has 3 atom stereocenters. The van der Waals surface area contributed by atoms with Gasteiger partial charge in [0.25, 0.3) is 12.0 Å². The third kappa shape index (κ3) is 6.67. The fraction of sp³-hybridized carbons (Fsp3) is 0.568. The number of nitrogens with two attached hydrogens (primary N) is 1. The second kappa shape index (κ2) is 13.3. The minimum Gasteiger partial charge on any atom is -0.461 e. The third-order valence-electron chi connectivity index (χ3n) is 11.8. The number of hydrogen-bond donors (Lipinski definition) is 1. The normalized spacial score (nSPS) is 24.5. The minimum atomic E-state index is -4.76. The first-order valence-electron chi connectivity index (χ1n) is 18.2. The highest BCUT2D eigenvalue weighted by Crippen LogP contribution is 2.61. The molecule has 0 radical (unpaired) electrons. The predicted octanol–water partition coefficient (Wildman–Crippen LogP) is 6.57. The van der Waals surface area contributed by atoms with Crippen molar-refractivity contribution < 1.29 is 36.2 Å². The standard InChI is InChI=1S/C37H42ClF5N8O3/c1-20-27-15-49(7-4-8-51(27)47-31(20)33(52)48(2)3)32-24-16-53-28(23-10-22(44)11-25(38)30(23)37(41,42)43)12-26(24)45-34(46-32)54-19-36-13-21(9-29(39)40)14-50(36)18-35(17-36)5-6-35/h9-11,21,28H,4-8,12-19,44H2,1-3H3/t21-,28-,36-/m0/s1. The van der Waals surface area contributed by atoms with E-state index in [0.717, 1.165) is 49.2 Å². The number of carbonyl (C=O) groups is 1. The topological polar surface area (TPSA) is 115 Å². The summed E-state index contributed by atoms with van der Waals surface area (Å²) in [5.41, 5.74) is 7.58. The number of carbonyl (C=O) groups excluding carboxylic acids is 1. The van der Waals surface area contributed by atoms with Crippen LogP contribution >= 0.6 is 11.6 Å². The van der Waals surface area contributed by atoms with Crippen LogP contribution in [0.2, 0.25) is 5.02 Å². The van der Waals surface area contributed by atoms with Crippen LogP contribution in [0.1, 0.15) is 82.3 Å². The average molecular weight is 777 g/mol. The first-order valence-corrected chi connectivity index (χ1v) is 18.5. The van der Waals surface area contributed by atoms with Crippen molar-refractivity contribution in [2.45, 2.75) is 83.0 Å². The van der Waals surface area contributed by atoms with Gasteiger partial charge in [0.2, 0.25) is 0 Å². The van der Waals surface area contributed by atoms with Crippen LogP contribution in [-0.4, -0.2) is 81.3 Å². The van der Waals surface area contributed by atoms with Gasteiger partial charge in [-0.2, -0.15) is 37.0 Å². The maximum Gasteiger partial charge on any atom is 0.418 e. The summed E-state index contributed by atoms with van der Waals surface area (Å²) >= 11 is 6.12. The van der Waals surface area contributed by atoms with Gasteiger partial charge in [-0.3, -0.25) is 14.4 Å². The van der Waals surface area contributed by atoms with Gasteiger partial charge in [0.05, 0.1) is 46.8 Å². The monoisotopic (exact) mass is 776 g/mol. The number of alkyl halides is 3. The molecule has 3 fully saturated rings. The summed E-state index contributed by atoms with van der Waals surface area (Å²) < 4.78 is 84.3. The lowest BCUT2D eigenvalue weighted by Crippen LogP contribution is -2.43. The van der Waals surface area contributed by atoms with E-state index in [9.17, 15) is 26.7 Å². The summed E-state index contributed by atoms with van der Waals surface area (Å²) in [6.07, 6.45) is -2.36. The molecule has 1 amide bonds. The molecular weight excluding hydrogens is 735 g/mol. The van der Waals surface area contributed by atoms with Crippen LogP contribution in [0.3, 0.4) is 0 Å². The van der Waals surface area contributed by atoms with E-state index >= 15 is 0 Å². The maximum atomic E-state index is 14.3. The molecule has 8 rings (SSSR count). The van der Waals surface area contributed by atoms with E-state index in [1.807, 2.05) is 16.5 Å². The fourth-order valence-electron chi connectivity index (χ4n) is 9.13. The number of ether oxygens (including phenoxy) is 2. The van der Waals surface area contributed by atoms with Crippen LogP contribution in [0.15, 0.2) is 24.3 Å². The highest BCUT2D eigenvalue weighted by atomic mass is 35.5. The molecule has 2 N–H and O–H groups in total. The molecule has 1 aromatic carbocycles. The predicted molar refractivity (Wildman–Crippen MR) is 189 cm³/mol. The largest absolute Gasteiger partial charge is 0.461 e. The molecule has 3 aromatic rings. The molecule has 2 aromatic heterocycles. The summed E-state index contributed by atoms with van der Waals surface area (Å²) in [6, 6.07) is 2.36. The van der Waals surface area contributed by atoms with Crippen LogP contribution in [0.5, 0.6) is 6.01 Å². The Morgan fingerprint density at radius 1 is 1.20 bits per heavy atom. The number of fused-ring (bicyclic) bond motifs is 3. The van der Waals surface area contributed by atoms with E-state index in [-0.39, 0.29) is 54.1 Å². The lowest BCUT2D eigenvalue weighted by molar-refractivity contribution is -0.139. The number of nitrogens with zero attached hydrogens (tertiary/aromatic N) is 7. The Balaban J connectivity index is 1.16. The van der Waals surface area contributed by atoms with Gasteiger partial charge < -0.3 is 25.0 Å². The van der Waals surface area contributed by atoms with E-state index in [1.165, 1.54) is 11.0 Å². The van der Waals surface area contributed by atoms with Gasteiger partial charge in [0.1, 0.15) is 12.4 Å². The summed E-state index contributed by atoms with van der Waals surface area (Å²) in [5.74, 6) is -0.00731. The number of anilines is 2. The zero-order valence-corrected chi connectivity index (χ0v) is 31.0. The zero-order chi connectivity index (χ0) is 38.3. The molecule has 290 valence electrons. The Morgan fingerprint density at radius 2 is 1.98 bits per heavy atom. The van der Waals surface area contributed by atoms with Gasteiger partial charge in [-0.15, -0.1) is 0 Å². The number of aryl methyl sites for hydroxylation is 1. The van der Waals surface area contributed by atoms with Gasteiger partial charge in [0, 0.05) is 63.5 Å². The van der Waals surface area contributed by atoms with E-state index in [2.05, 4.69) is 10.00 Å². The first-order chi connectivity index (χ1) is 25.5. The Labute approximate surface area is 314 Å². The van der Waals surface area contributed by atoms with E-state index in [1.54, 1.807) is 14.1 Å². The number of rotatable bonds is 7. The second-order valence-electron chi connectivity index (χ2n) is 15.8. The molecule has 1 saturated carbocycles. The van der Waals surface area contributed by atoms with Crippen molar-refractivity contribution in [1.82, 2.24) is 29.5 Å². The average Bonchev–Trinajstić information content (AvgIpc) is 3.63. The zero-order valence-electron chi connectivity index (χ0n) is 30.3. The lowest BCUT2D eigenvalue weighted by Gasteiger charge is -2.33. The molecule has 0 bridgehead atoms. The van der Waals surface area contributed by atoms with Gasteiger partial charge in [-0.1, -0.05) is 11.6 Å². The van der Waals surface area contributed by atoms with Crippen LogP contribution < -0.4 is 15.4 Å². The Hall–Kier alpha value is -4.02. The molecule has 2 saturated heterocycles. The summed E-state index contributed by atoms with van der Waals surface area (Å²) in [4.78, 5) is 28.5. The van der Waals surface area contributed by atoms with Crippen molar-refractivity contribution in [2.24, 2.45) is 11.3 Å². The number of nitrogen functional groups attached to an aromatic ring is 1. The molecule has 4 aliphatic heterocycles. The number of halogens is 6. The molecule has 0 unspecified atom stereocenters. The number of amides is 1. The van der Waals surface area contributed by atoms with Crippen molar-refractivity contribution in [1.29, 1.82) is 0 Å². The molecule has 1 aliphatic carbocycles. The molecule has 1 spiro atoms. The molecular formula is C37H42ClF5N8O3. The van der Waals surface area contributed by atoms with Gasteiger partial charge >= 0.3 is 12.2 Å². The molecule has 11 nitrogen and oxygen atoms in total. The van der Waals surface area contributed by atoms with Crippen molar-refractivity contribution in [3.8, 4) is 6.01 Å². The molecule has 17 heteroatoms. The maximum absolute atomic E-state index is 14.3. The number of aromatic nitrogens is 4. The Kier molecular flexibility index (Phi) is 9.11. The molecule has 5 aliphatic rings. The summed E-state index contributed by atoms with van der Waals surface area (Å²) in [6.45, 7) is 4.75. The fourth-order valence-corrected chi connectivity index (χ4v) is 9.47. The van der Waals surface area contributed by atoms with Crippen LogP contribution in [0.4, 0.5) is 33.5 Å². The summed E-state index contributed by atoms with van der Waals surface area (Å²) in [7, 11) is 3.35. The SMILES string of the molecule is Cc1c(C(=O)N(C)C)nn2c1CN(c1nc(OC[C@@]34C[C@H](C=C(F)F)CN3CC3(CC3)C4)nc3c1CO[C@H](c1cc(N)cc(Cl)c1C(F)(F)F)C3)CCC2. The van der Waals surface area contributed by atoms with Gasteiger partial charge in [-0.25, -0.2) is 0 Å². The van der Waals surface area contributed by atoms with E-state index < -0.39 is 34.5 Å². The van der Waals surface area contributed by atoms with E-state index in [0.29, 0.717) is 61.8 Å². The molecule has 54 heavy (non-hydrogen) atoms. The van der Waals surface area contributed by atoms with Crippen LogP contribution in [0.25, 0.3) is 0 Å². The van der Waals surface area contributed by atoms with E-state index in [4.69, 9.17) is 36.8 Å². The van der Waals surface area contributed by atoms with Crippen LogP contribution in [0, 0.1) is 18.3 Å². The molecule has 6 heterocycles. The highest BCUT2D eigenvalue weighted by Gasteiger charge is 2.62. The second-order valence-corrected chi connectivity index (χ2v) is 16.2. The van der Waals surface area contributed by atoms with Crippen molar-refractivity contribution in [3.05, 3.63) is 68.6 Å². The van der Waals surface area contributed by atoms with Crippen molar-refractivity contribution >= 4 is 29.0 Å². The highest BCUT2D eigenvalue weighted by molar-refractivity contribution is 6.31. The van der Waals surface area contributed by atoms with Crippen molar-refractivity contribution in [3.63, 3.8) is 0 Å². The first kappa shape index (κ1) is 36.9. The quantitative estimate of drug-likeness (QED) is 0.210. The smallest absolute Gasteiger partial charge is 0.418 e.